The molecule has 0 aromatic heterocycles. The van der Waals surface area contributed by atoms with E-state index in [1.54, 1.807) is 19.1 Å². The van der Waals surface area contributed by atoms with E-state index in [9.17, 15) is 8.42 Å². The van der Waals surface area contributed by atoms with Gasteiger partial charge in [-0.15, -0.1) is 0 Å². The number of hydrogen-bond donors (Lipinski definition) is 1. The smallest absolute Gasteiger partial charge is 0.153 e. The van der Waals surface area contributed by atoms with Gasteiger partial charge in [-0.2, -0.15) is 0 Å². The van der Waals surface area contributed by atoms with E-state index in [1.165, 1.54) is 0 Å². The molecular formula is C14H22ClNO3S. The van der Waals surface area contributed by atoms with Crippen LogP contribution in [0, 0.1) is 0 Å². The minimum atomic E-state index is -3.01. The van der Waals surface area contributed by atoms with Gasteiger partial charge in [0.05, 0.1) is 5.75 Å². The van der Waals surface area contributed by atoms with Gasteiger partial charge >= 0.3 is 0 Å². The van der Waals surface area contributed by atoms with Crippen LogP contribution in [0.3, 0.4) is 0 Å². The summed E-state index contributed by atoms with van der Waals surface area (Å²) in [7, 11) is -3.01. The predicted octanol–water partition coefficient (Wildman–Crippen LogP) is 2.82. The molecule has 0 radical (unpaired) electrons. The summed E-state index contributed by atoms with van der Waals surface area (Å²) >= 11 is 6.01. The maximum Gasteiger partial charge on any atom is 0.153 e. The van der Waals surface area contributed by atoms with Gasteiger partial charge in [0.1, 0.15) is 12.4 Å². The number of benzene rings is 1. The standard InChI is InChI=1S/C14H22ClNO3S/c1-4-16-11(3)13-10-12(15)6-7-14(13)19-8-9-20(17,18)5-2/h6-7,10-11,16H,4-5,8-9H2,1-3H3. The Morgan fingerprint density at radius 3 is 2.65 bits per heavy atom. The Bertz CT molecular complexity index is 531. The predicted molar refractivity (Wildman–Crippen MR) is 83.4 cm³/mol. The van der Waals surface area contributed by atoms with Gasteiger partial charge < -0.3 is 10.1 Å². The summed E-state index contributed by atoms with van der Waals surface area (Å²) in [5.74, 6) is 0.841. The summed E-state index contributed by atoms with van der Waals surface area (Å²) in [4.78, 5) is 0. The topological polar surface area (TPSA) is 55.4 Å². The Morgan fingerprint density at radius 1 is 1.35 bits per heavy atom. The highest BCUT2D eigenvalue weighted by Crippen LogP contribution is 2.28. The van der Waals surface area contributed by atoms with Gasteiger partial charge in [0, 0.05) is 22.4 Å². The van der Waals surface area contributed by atoms with Crippen LogP contribution >= 0.6 is 11.6 Å². The zero-order chi connectivity index (χ0) is 15.2. The summed E-state index contributed by atoms with van der Waals surface area (Å²) in [6.07, 6.45) is 0. The van der Waals surface area contributed by atoms with Crippen LogP contribution in [0.4, 0.5) is 0 Å². The summed E-state index contributed by atoms with van der Waals surface area (Å²) in [5, 5.41) is 3.93. The lowest BCUT2D eigenvalue weighted by atomic mass is 10.1. The Hall–Kier alpha value is -0.780. The maximum atomic E-state index is 11.5. The number of halogens is 1. The van der Waals surface area contributed by atoms with E-state index in [-0.39, 0.29) is 24.2 Å². The number of ether oxygens (including phenoxy) is 1. The lowest BCUT2D eigenvalue weighted by Gasteiger charge is -2.18. The molecule has 0 aliphatic carbocycles. The molecule has 1 unspecified atom stereocenters. The van der Waals surface area contributed by atoms with Crippen LogP contribution in [0.5, 0.6) is 5.75 Å². The molecule has 0 saturated heterocycles. The molecule has 0 fully saturated rings. The van der Waals surface area contributed by atoms with Crippen molar-refractivity contribution in [1.29, 1.82) is 0 Å². The SMILES string of the molecule is CCNC(C)c1cc(Cl)ccc1OCCS(=O)(=O)CC. The van der Waals surface area contributed by atoms with E-state index in [4.69, 9.17) is 16.3 Å². The molecule has 0 aliphatic rings. The largest absolute Gasteiger partial charge is 0.492 e. The third-order valence-corrected chi connectivity index (χ3v) is 4.94. The molecule has 0 heterocycles. The Kier molecular flexibility index (Phi) is 6.79. The minimum absolute atomic E-state index is 0.0289. The summed E-state index contributed by atoms with van der Waals surface area (Å²) in [6.45, 7) is 6.66. The van der Waals surface area contributed by atoms with Crippen molar-refractivity contribution < 1.29 is 13.2 Å². The minimum Gasteiger partial charge on any atom is -0.492 e. The van der Waals surface area contributed by atoms with Gasteiger partial charge in [-0.05, 0) is 31.7 Å². The average Bonchev–Trinajstić information content (AvgIpc) is 2.40. The molecule has 1 aromatic rings. The van der Waals surface area contributed by atoms with Crippen molar-refractivity contribution in [2.75, 3.05) is 24.7 Å². The number of rotatable bonds is 8. The van der Waals surface area contributed by atoms with Crippen molar-refractivity contribution >= 4 is 21.4 Å². The highest BCUT2D eigenvalue weighted by molar-refractivity contribution is 7.91. The second-order valence-corrected chi connectivity index (χ2v) is 7.46. The normalized spacial score (nSPS) is 13.2. The second kappa shape index (κ2) is 7.86. The van der Waals surface area contributed by atoms with E-state index >= 15 is 0 Å². The summed E-state index contributed by atoms with van der Waals surface area (Å²) in [6, 6.07) is 5.46. The van der Waals surface area contributed by atoms with E-state index in [0.717, 1.165) is 12.1 Å². The fourth-order valence-electron chi connectivity index (χ4n) is 1.83. The number of nitrogens with one attached hydrogen (secondary N) is 1. The van der Waals surface area contributed by atoms with Crippen molar-refractivity contribution in [1.82, 2.24) is 5.32 Å². The van der Waals surface area contributed by atoms with Crippen molar-refractivity contribution in [3.8, 4) is 5.75 Å². The van der Waals surface area contributed by atoms with Crippen LogP contribution in [0.2, 0.25) is 5.02 Å². The molecule has 0 aliphatic heterocycles. The molecule has 114 valence electrons. The summed E-state index contributed by atoms with van der Waals surface area (Å²) < 4.78 is 28.5. The lowest BCUT2D eigenvalue weighted by molar-refractivity contribution is 0.333. The van der Waals surface area contributed by atoms with E-state index in [2.05, 4.69) is 5.32 Å². The van der Waals surface area contributed by atoms with Crippen molar-refractivity contribution in [3.63, 3.8) is 0 Å². The zero-order valence-corrected chi connectivity index (χ0v) is 13.7. The first-order valence-corrected chi connectivity index (χ1v) is 8.95. The van der Waals surface area contributed by atoms with Gasteiger partial charge in [-0.25, -0.2) is 8.42 Å². The van der Waals surface area contributed by atoms with Crippen molar-refractivity contribution in [2.24, 2.45) is 0 Å². The van der Waals surface area contributed by atoms with Crippen molar-refractivity contribution in [3.05, 3.63) is 28.8 Å². The molecule has 1 aromatic carbocycles. The molecule has 0 saturated carbocycles. The van der Waals surface area contributed by atoms with E-state index in [0.29, 0.717) is 10.8 Å². The van der Waals surface area contributed by atoms with Gasteiger partial charge in [0.25, 0.3) is 0 Å². The molecule has 4 nitrogen and oxygen atoms in total. The molecular weight excluding hydrogens is 298 g/mol. The third-order valence-electron chi connectivity index (χ3n) is 3.04. The first-order valence-electron chi connectivity index (χ1n) is 6.75. The first-order chi connectivity index (χ1) is 9.39. The monoisotopic (exact) mass is 319 g/mol. The van der Waals surface area contributed by atoms with Crippen LogP contribution in [-0.2, 0) is 9.84 Å². The van der Waals surface area contributed by atoms with Crippen LogP contribution in [-0.4, -0.2) is 33.1 Å². The molecule has 1 atom stereocenters. The third kappa shape index (κ3) is 5.31. The first kappa shape index (κ1) is 17.3. The van der Waals surface area contributed by atoms with Gasteiger partial charge in [-0.3, -0.25) is 0 Å². The molecule has 1 N–H and O–H groups in total. The van der Waals surface area contributed by atoms with Gasteiger partial charge in [0.15, 0.2) is 9.84 Å². The summed E-state index contributed by atoms with van der Waals surface area (Å²) in [5.41, 5.74) is 0.938. The maximum absolute atomic E-state index is 11.5. The second-order valence-electron chi connectivity index (χ2n) is 4.55. The Morgan fingerprint density at radius 2 is 2.05 bits per heavy atom. The van der Waals surface area contributed by atoms with Crippen LogP contribution in [0.25, 0.3) is 0 Å². The van der Waals surface area contributed by atoms with Crippen molar-refractivity contribution in [2.45, 2.75) is 26.8 Å². The Labute approximate surface area is 126 Å². The lowest BCUT2D eigenvalue weighted by Crippen LogP contribution is -2.20. The van der Waals surface area contributed by atoms with Gasteiger partial charge in [0.2, 0.25) is 0 Å². The van der Waals surface area contributed by atoms with E-state index < -0.39 is 9.84 Å². The highest BCUT2D eigenvalue weighted by atomic mass is 35.5. The van der Waals surface area contributed by atoms with E-state index in [1.807, 2.05) is 19.9 Å². The fraction of sp³-hybridized carbons (Fsp3) is 0.571. The number of sulfone groups is 1. The molecule has 0 bridgehead atoms. The van der Waals surface area contributed by atoms with Crippen LogP contribution < -0.4 is 10.1 Å². The molecule has 20 heavy (non-hydrogen) atoms. The van der Waals surface area contributed by atoms with Gasteiger partial charge in [-0.1, -0.05) is 25.4 Å². The molecule has 1 rings (SSSR count). The molecule has 6 heteroatoms. The fourth-order valence-corrected chi connectivity index (χ4v) is 2.63. The average molecular weight is 320 g/mol. The Balaban J connectivity index is 2.79. The zero-order valence-electron chi connectivity index (χ0n) is 12.1. The molecule has 0 amide bonds. The van der Waals surface area contributed by atoms with Crippen LogP contribution in [0.1, 0.15) is 32.4 Å². The quantitative estimate of drug-likeness (QED) is 0.800. The molecule has 0 spiro atoms. The highest BCUT2D eigenvalue weighted by Gasteiger charge is 2.13. The van der Waals surface area contributed by atoms with Crippen LogP contribution in [0.15, 0.2) is 18.2 Å². The number of hydrogen-bond acceptors (Lipinski definition) is 4.